The normalized spacial score (nSPS) is 10.4. The number of ether oxygens (including phenoxy) is 3. The quantitative estimate of drug-likeness (QED) is 0.336. The van der Waals surface area contributed by atoms with Crippen LogP contribution in [0.5, 0.6) is 5.75 Å². The fourth-order valence-electron chi connectivity index (χ4n) is 2.93. The van der Waals surface area contributed by atoms with Crippen LogP contribution in [0.2, 0.25) is 0 Å². The Morgan fingerprint density at radius 3 is 2.04 bits per heavy atom. The van der Waals surface area contributed by atoms with Gasteiger partial charge in [-0.15, -0.1) is 0 Å². The van der Waals surface area contributed by atoms with E-state index in [2.05, 4.69) is 11.7 Å². The van der Waals surface area contributed by atoms with Crippen molar-refractivity contribution in [1.82, 2.24) is 0 Å². The van der Waals surface area contributed by atoms with Crippen molar-refractivity contribution < 1.29 is 28.6 Å². The molecule has 1 aromatic carbocycles. The van der Waals surface area contributed by atoms with Crippen molar-refractivity contribution in [1.29, 1.82) is 0 Å². The summed E-state index contributed by atoms with van der Waals surface area (Å²) in [5, 5.41) is 0. The average Bonchev–Trinajstić information content (AvgIpc) is 2.72. The number of benzene rings is 1. The Morgan fingerprint density at radius 1 is 0.821 bits per heavy atom. The minimum atomic E-state index is -0.716. The van der Waals surface area contributed by atoms with Crippen LogP contribution in [0.3, 0.4) is 0 Å². The van der Waals surface area contributed by atoms with E-state index in [9.17, 15) is 14.4 Å². The second-order valence-corrected chi connectivity index (χ2v) is 6.71. The van der Waals surface area contributed by atoms with E-state index in [0.29, 0.717) is 6.42 Å². The SMILES string of the molecule is CCCCCCCCCCC(=O)COc1cccc(C(=O)OC)c1C(=O)OC. The third-order valence-electron chi connectivity index (χ3n) is 4.52. The maximum absolute atomic E-state index is 12.1. The molecule has 0 aromatic heterocycles. The van der Waals surface area contributed by atoms with Gasteiger partial charge < -0.3 is 14.2 Å². The van der Waals surface area contributed by atoms with Crippen LogP contribution in [-0.2, 0) is 14.3 Å². The van der Waals surface area contributed by atoms with Crippen molar-refractivity contribution in [2.75, 3.05) is 20.8 Å². The van der Waals surface area contributed by atoms with Crippen LogP contribution in [0, 0.1) is 0 Å². The molecule has 0 fully saturated rings. The lowest BCUT2D eigenvalue weighted by molar-refractivity contribution is -0.121. The van der Waals surface area contributed by atoms with Crippen LogP contribution in [0.1, 0.15) is 85.4 Å². The summed E-state index contributed by atoms with van der Waals surface area (Å²) < 4.78 is 14.9. The molecule has 0 aliphatic carbocycles. The predicted octanol–water partition coefficient (Wildman–Crippen LogP) is 4.74. The fourth-order valence-corrected chi connectivity index (χ4v) is 2.93. The summed E-state index contributed by atoms with van der Waals surface area (Å²) in [6, 6.07) is 4.55. The first-order valence-electron chi connectivity index (χ1n) is 9.99. The molecule has 0 atom stereocenters. The first-order valence-corrected chi connectivity index (χ1v) is 9.99. The minimum Gasteiger partial charge on any atom is -0.485 e. The highest BCUT2D eigenvalue weighted by Gasteiger charge is 2.23. The van der Waals surface area contributed by atoms with E-state index in [-0.39, 0.29) is 29.3 Å². The largest absolute Gasteiger partial charge is 0.485 e. The van der Waals surface area contributed by atoms with Gasteiger partial charge in [0, 0.05) is 6.42 Å². The van der Waals surface area contributed by atoms with Crippen LogP contribution >= 0.6 is 0 Å². The number of esters is 2. The predicted molar refractivity (Wildman–Crippen MR) is 107 cm³/mol. The molecule has 0 bridgehead atoms. The van der Waals surface area contributed by atoms with Crippen molar-refractivity contribution in [3.63, 3.8) is 0 Å². The fraction of sp³-hybridized carbons (Fsp3) is 0.591. The van der Waals surface area contributed by atoms with Gasteiger partial charge in [0.05, 0.1) is 19.8 Å². The van der Waals surface area contributed by atoms with Gasteiger partial charge in [0.1, 0.15) is 17.9 Å². The highest BCUT2D eigenvalue weighted by molar-refractivity contribution is 6.05. The van der Waals surface area contributed by atoms with Crippen molar-refractivity contribution in [3.8, 4) is 5.75 Å². The lowest BCUT2D eigenvalue weighted by atomic mass is 10.1. The molecular weight excluding hydrogens is 360 g/mol. The summed E-state index contributed by atoms with van der Waals surface area (Å²) in [6.45, 7) is 2.05. The molecule has 0 radical (unpaired) electrons. The molecule has 0 spiro atoms. The zero-order chi connectivity index (χ0) is 20.8. The lowest BCUT2D eigenvalue weighted by Gasteiger charge is -2.12. The molecule has 0 saturated heterocycles. The second kappa shape index (κ2) is 13.7. The van der Waals surface area contributed by atoms with Gasteiger partial charge in [0.25, 0.3) is 0 Å². The van der Waals surface area contributed by atoms with Crippen molar-refractivity contribution in [2.24, 2.45) is 0 Å². The Labute approximate surface area is 167 Å². The summed E-state index contributed by atoms with van der Waals surface area (Å²) in [5.41, 5.74) is 0.0131. The van der Waals surface area contributed by atoms with Gasteiger partial charge in [-0.05, 0) is 18.6 Å². The topological polar surface area (TPSA) is 78.9 Å². The molecule has 0 aliphatic rings. The van der Waals surface area contributed by atoms with E-state index < -0.39 is 11.9 Å². The number of carbonyl (C=O) groups excluding carboxylic acids is 3. The number of carbonyl (C=O) groups is 3. The van der Waals surface area contributed by atoms with E-state index in [1.165, 1.54) is 58.5 Å². The lowest BCUT2D eigenvalue weighted by Crippen LogP contribution is -2.17. The van der Waals surface area contributed by atoms with Crippen molar-refractivity contribution in [3.05, 3.63) is 29.3 Å². The highest BCUT2D eigenvalue weighted by Crippen LogP contribution is 2.24. The molecule has 6 nitrogen and oxygen atoms in total. The van der Waals surface area contributed by atoms with Gasteiger partial charge >= 0.3 is 11.9 Å². The van der Waals surface area contributed by atoms with E-state index >= 15 is 0 Å². The Hall–Kier alpha value is -2.37. The molecule has 156 valence electrons. The standard InChI is InChI=1S/C22H32O6/c1-4-5-6-7-8-9-10-11-13-17(23)16-28-19-15-12-14-18(21(24)26-2)20(19)22(25)27-3/h12,14-15H,4-11,13,16H2,1-3H3. The number of ketones is 1. The first kappa shape index (κ1) is 23.7. The van der Waals surface area contributed by atoms with Crippen LogP contribution in [-0.4, -0.2) is 38.5 Å². The van der Waals surface area contributed by atoms with Crippen LogP contribution in [0.25, 0.3) is 0 Å². The van der Waals surface area contributed by atoms with Gasteiger partial charge in [-0.1, -0.05) is 57.9 Å². The summed E-state index contributed by atoms with van der Waals surface area (Å²) in [6.07, 6.45) is 9.76. The monoisotopic (exact) mass is 392 g/mol. The number of rotatable bonds is 14. The summed E-state index contributed by atoms with van der Waals surface area (Å²) in [7, 11) is 2.44. The summed E-state index contributed by atoms with van der Waals surface area (Å²) in [4.78, 5) is 36.0. The summed E-state index contributed by atoms with van der Waals surface area (Å²) in [5.74, 6) is -1.29. The summed E-state index contributed by atoms with van der Waals surface area (Å²) >= 11 is 0. The van der Waals surface area contributed by atoms with Crippen molar-refractivity contribution >= 4 is 17.7 Å². The third kappa shape index (κ3) is 8.11. The molecule has 0 aliphatic heterocycles. The van der Waals surface area contributed by atoms with E-state index in [4.69, 9.17) is 9.47 Å². The number of Topliss-reactive ketones (excluding diaryl/α,β-unsaturated/α-hetero) is 1. The average molecular weight is 392 g/mol. The van der Waals surface area contributed by atoms with Crippen LogP contribution < -0.4 is 4.74 Å². The number of methoxy groups -OCH3 is 2. The van der Waals surface area contributed by atoms with E-state index in [0.717, 1.165) is 19.3 Å². The van der Waals surface area contributed by atoms with Gasteiger partial charge in [0.15, 0.2) is 5.78 Å². The van der Waals surface area contributed by atoms with Gasteiger partial charge in [-0.25, -0.2) is 9.59 Å². The molecule has 0 N–H and O–H groups in total. The number of hydrogen-bond acceptors (Lipinski definition) is 6. The number of unbranched alkanes of at least 4 members (excludes halogenated alkanes) is 7. The highest BCUT2D eigenvalue weighted by atomic mass is 16.5. The van der Waals surface area contributed by atoms with Gasteiger partial charge in [-0.3, -0.25) is 4.79 Å². The van der Waals surface area contributed by atoms with Gasteiger partial charge in [0.2, 0.25) is 0 Å². The Morgan fingerprint density at radius 2 is 1.43 bits per heavy atom. The smallest absolute Gasteiger partial charge is 0.342 e. The molecule has 0 saturated carbocycles. The zero-order valence-corrected chi connectivity index (χ0v) is 17.3. The number of hydrogen-bond donors (Lipinski definition) is 0. The minimum absolute atomic E-state index is 0.0308. The first-order chi connectivity index (χ1) is 13.5. The molecule has 0 amide bonds. The molecule has 0 heterocycles. The maximum Gasteiger partial charge on any atom is 0.342 e. The molecule has 6 heteroatoms. The van der Waals surface area contributed by atoms with Crippen molar-refractivity contribution in [2.45, 2.75) is 64.7 Å². The van der Waals surface area contributed by atoms with Crippen LogP contribution in [0.15, 0.2) is 18.2 Å². The second-order valence-electron chi connectivity index (χ2n) is 6.71. The van der Waals surface area contributed by atoms with E-state index in [1.54, 1.807) is 6.07 Å². The third-order valence-corrected chi connectivity index (χ3v) is 4.52. The molecular formula is C22H32O6. The maximum atomic E-state index is 12.1. The molecule has 28 heavy (non-hydrogen) atoms. The van der Waals surface area contributed by atoms with Crippen LogP contribution in [0.4, 0.5) is 0 Å². The Bertz CT molecular complexity index is 638. The molecule has 1 rings (SSSR count). The molecule has 1 aromatic rings. The molecule has 0 unspecified atom stereocenters. The zero-order valence-electron chi connectivity index (χ0n) is 17.3. The Balaban J connectivity index is 2.50. The van der Waals surface area contributed by atoms with Gasteiger partial charge in [-0.2, -0.15) is 0 Å². The Kier molecular flexibility index (Phi) is 11.6. The van der Waals surface area contributed by atoms with E-state index in [1.807, 2.05) is 0 Å².